The van der Waals surface area contributed by atoms with E-state index in [9.17, 15) is 0 Å². The number of aryl methyl sites for hydroxylation is 3. The van der Waals surface area contributed by atoms with Crippen LogP contribution in [0.5, 0.6) is 0 Å². The molecular weight excluding hydrogens is 373 g/mol. The Morgan fingerprint density at radius 1 is 1.27 bits per heavy atom. The van der Waals surface area contributed by atoms with Crippen LogP contribution in [-0.2, 0) is 20.1 Å². The molecule has 1 aliphatic carbocycles. The fourth-order valence-corrected chi connectivity index (χ4v) is 4.09. The van der Waals surface area contributed by atoms with Crippen LogP contribution in [0.4, 0.5) is 0 Å². The Bertz CT molecular complexity index is 703. The van der Waals surface area contributed by atoms with Crippen LogP contribution in [-0.4, -0.2) is 38.6 Å². The van der Waals surface area contributed by atoms with Gasteiger partial charge in [-0.3, -0.25) is 4.90 Å². The van der Waals surface area contributed by atoms with Gasteiger partial charge in [-0.1, -0.05) is 0 Å². The van der Waals surface area contributed by atoms with E-state index in [2.05, 4.69) is 31.8 Å². The Balaban J connectivity index is 0.00000121. The number of imidazole rings is 1. The van der Waals surface area contributed by atoms with Crippen LogP contribution in [0.2, 0.25) is 0 Å². The molecule has 1 atom stereocenters. The van der Waals surface area contributed by atoms with Crippen molar-refractivity contribution in [2.45, 2.75) is 52.2 Å². The zero-order chi connectivity index (χ0) is 16.7. The van der Waals surface area contributed by atoms with Gasteiger partial charge in [0.05, 0.1) is 18.8 Å². The van der Waals surface area contributed by atoms with E-state index < -0.39 is 0 Å². The first kappa shape index (κ1) is 21.2. The SMILES string of the molecule is Cc1nc(CN(Cc2nccn2C)C2CC23CCNCC3)oc1C.Cl.Cl. The van der Waals surface area contributed by atoms with Crippen LogP contribution in [0.3, 0.4) is 0 Å². The second-order valence-electron chi connectivity index (χ2n) is 7.44. The molecule has 1 saturated carbocycles. The fourth-order valence-electron chi connectivity index (χ4n) is 4.09. The summed E-state index contributed by atoms with van der Waals surface area (Å²) < 4.78 is 7.96. The van der Waals surface area contributed by atoms with Gasteiger partial charge < -0.3 is 14.3 Å². The standard InChI is InChI=1S/C18H27N5O.2ClH/c1-13-14(2)24-17(21-13)12-23(11-16-20-8-9-22(16)3)15-10-18(15)4-6-19-7-5-18;;/h8-9,15,19H,4-7,10-12H2,1-3H3;2*1H. The quantitative estimate of drug-likeness (QED) is 0.833. The van der Waals surface area contributed by atoms with Gasteiger partial charge in [-0.2, -0.15) is 0 Å². The number of oxazole rings is 1. The van der Waals surface area contributed by atoms with E-state index in [-0.39, 0.29) is 24.8 Å². The highest BCUT2D eigenvalue weighted by molar-refractivity contribution is 5.85. The first-order valence-corrected chi connectivity index (χ1v) is 8.91. The number of nitrogens with one attached hydrogen (secondary N) is 1. The summed E-state index contributed by atoms with van der Waals surface area (Å²) in [5.41, 5.74) is 1.49. The van der Waals surface area contributed by atoms with Gasteiger partial charge in [-0.05, 0) is 51.6 Å². The van der Waals surface area contributed by atoms with Gasteiger partial charge in [0, 0.05) is 25.5 Å². The summed E-state index contributed by atoms with van der Waals surface area (Å²) in [6.07, 6.45) is 7.73. The van der Waals surface area contributed by atoms with Crippen LogP contribution in [0.25, 0.3) is 0 Å². The largest absolute Gasteiger partial charge is 0.444 e. The lowest BCUT2D eigenvalue weighted by molar-refractivity contribution is 0.167. The molecule has 1 unspecified atom stereocenters. The Morgan fingerprint density at radius 3 is 2.58 bits per heavy atom. The van der Waals surface area contributed by atoms with Crippen LogP contribution >= 0.6 is 24.8 Å². The molecule has 0 radical (unpaired) electrons. The van der Waals surface area contributed by atoms with Crippen molar-refractivity contribution in [2.24, 2.45) is 12.5 Å². The van der Waals surface area contributed by atoms with E-state index >= 15 is 0 Å². The van der Waals surface area contributed by atoms with Gasteiger partial charge in [0.15, 0.2) is 0 Å². The minimum Gasteiger partial charge on any atom is -0.444 e. The third-order valence-corrected chi connectivity index (χ3v) is 5.86. The average molecular weight is 402 g/mol. The molecule has 0 bridgehead atoms. The lowest BCUT2D eigenvalue weighted by atomic mass is 9.93. The van der Waals surface area contributed by atoms with Crippen LogP contribution in [0.15, 0.2) is 16.8 Å². The average Bonchev–Trinajstić information content (AvgIpc) is 2.91. The number of hydrogen-bond acceptors (Lipinski definition) is 5. The zero-order valence-corrected chi connectivity index (χ0v) is 17.3. The van der Waals surface area contributed by atoms with Gasteiger partial charge in [-0.25, -0.2) is 9.97 Å². The van der Waals surface area contributed by atoms with Gasteiger partial charge >= 0.3 is 0 Å². The fraction of sp³-hybridized carbons (Fsp3) is 0.667. The zero-order valence-electron chi connectivity index (χ0n) is 15.7. The van der Waals surface area contributed by atoms with Gasteiger partial charge in [0.25, 0.3) is 0 Å². The number of rotatable bonds is 5. The molecule has 2 aromatic heterocycles. The molecule has 6 nitrogen and oxygen atoms in total. The van der Waals surface area contributed by atoms with E-state index in [1.807, 2.05) is 26.2 Å². The lowest BCUT2D eigenvalue weighted by Crippen LogP contribution is -2.36. The lowest BCUT2D eigenvalue weighted by Gasteiger charge is -2.28. The van der Waals surface area contributed by atoms with Crippen LogP contribution < -0.4 is 5.32 Å². The van der Waals surface area contributed by atoms with Crippen LogP contribution in [0.1, 0.15) is 42.4 Å². The molecule has 1 spiro atoms. The van der Waals surface area contributed by atoms with Gasteiger partial charge in [0.1, 0.15) is 11.6 Å². The van der Waals surface area contributed by atoms with Crippen molar-refractivity contribution in [3.63, 3.8) is 0 Å². The summed E-state index contributed by atoms with van der Waals surface area (Å²) in [6.45, 7) is 7.90. The smallest absolute Gasteiger partial charge is 0.208 e. The molecule has 2 aromatic rings. The molecule has 2 aliphatic rings. The number of aromatic nitrogens is 3. The predicted octanol–water partition coefficient (Wildman–Crippen LogP) is 3.01. The molecule has 1 aliphatic heterocycles. The monoisotopic (exact) mass is 401 g/mol. The van der Waals surface area contributed by atoms with E-state index in [1.54, 1.807) is 0 Å². The Kier molecular flexibility index (Phi) is 6.77. The molecular formula is C18H29Cl2N5O. The molecule has 3 heterocycles. The van der Waals surface area contributed by atoms with E-state index in [0.29, 0.717) is 11.5 Å². The third-order valence-electron chi connectivity index (χ3n) is 5.86. The summed E-state index contributed by atoms with van der Waals surface area (Å²) >= 11 is 0. The minimum atomic E-state index is 0. The summed E-state index contributed by atoms with van der Waals surface area (Å²) in [5.74, 6) is 2.86. The predicted molar refractivity (Wildman–Crippen MR) is 106 cm³/mol. The summed E-state index contributed by atoms with van der Waals surface area (Å²) in [7, 11) is 2.06. The second-order valence-corrected chi connectivity index (χ2v) is 7.44. The second kappa shape index (κ2) is 8.30. The summed E-state index contributed by atoms with van der Waals surface area (Å²) in [4.78, 5) is 11.6. The molecule has 4 rings (SSSR count). The van der Waals surface area contributed by atoms with Crippen molar-refractivity contribution in [1.29, 1.82) is 0 Å². The van der Waals surface area contributed by atoms with Crippen molar-refractivity contribution in [2.75, 3.05) is 13.1 Å². The van der Waals surface area contributed by atoms with Crippen LogP contribution in [0, 0.1) is 19.3 Å². The van der Waals surface area contributed by atoms with E-state index in [4.69, 9.17) is 4.42 Å². The van der Waals surface area contributed by atoms with Gasteiger partial charge in [-0.15, -0.1) is 24.8 Å². The highest BCUT2D eigenvalue weighted by Gasteiger charge is 2.56. The highest BCUT2D eigenvalue weighted by Crippen LogP contribution is 2.56. The maximum atomic E-state index is 5.86. The van der Waals surface area contributed by atoms with E-state index in [0.717, 1.165) is 49.3 Å². The normalized spacial score (nSPS) is 20.7. The van der Waals surface area contributed by atoms with Crippen molar-refractivity contribution < 1.29 is 4.42 Å². The molecule has 0 amide bonds. The third kappa shape index (κ3) is 4.09. The number of piperidine rings is 1. The van der Waals surface area contributed by atoms with Crippen molar-refractivity contribution in [3.05, 3.63) is 35.6 Å². The molecule has 2 fully saturated rings. The minimum absolute atomic E-state index is 0. The molecule has 0 aromatic carbocycles. The first-order valence-electron chi connectivity index (χ1n) is 8.91. The topological polar surface area (TPSA) is 59.1 Å². The maximum absolute atomic E-state index is 5.86. The summed E-state index contributed by atoms with van der Waals surface area (Å²) in [6, 6.07) is 0.615. The Hall–Kier alpha value is -1.08. The molecule has 1 saturated heterocycles. The van der Waals surface area contributed by atoms with Gasteiger partial charge in [0.2, 0.25) is 5.89 Å². The Labute approximate surface area is 167 Å². The maximum Gasteiger partial charge on any atom is 0.208 e. The molecule has 26 heavy (non-hydrogen) atoms. The number of nitrogens with zero attached hydrogens (tertiary/aromatic N) is 4. The molecule has 146 valence electrons. The van der Waals surface area contributed by atoms with E-state index in [1.165, 1.54) is 19.3 Å². The Morgan fingerprint density at radius 2 is 2.00 bits per heavy atom. The summed E-state index contributed by atoms with van der Waals surface area (Å²) in [5, 5.41) is 3.49. The highest BCUT2D eigenvalue weighted by atomic mass is 35.5. The van der Waals surface area contributed by atoms with Crippen molar-refractivity contribution in [3.8, 4) is 0 Å². The molecule has 1 N–H and O–H groups in total. The first-order chi connectivity index (χ1) is 11.6. The number of halogens is 2. The number of hydrogen-bond donors (Lipinski definition) is 1. The molecule has 8 heteroatoms. The van der Waals surface area contributed by atoms with Crippen molar-refractivity contribution in [1.82, 2.24) is 24.8 Å². The van der Waals surface area contributed by atoms with Crippen molar-refractivity contribution >= 4 is 24.8 Å².